The monoisotopic (exact) mass is 283 g/mol. The lowest BCUT2D eigenvalue weighted by atomic mass is 10.0. The minimum Gasteiger partial charge on any atom is -0.387 e. The van der Waals surface area contributed by atoms with Crippen molar-refractivity contribution in [3.8, 4) is 0 Å². The number of aliphatic hydroxyl groups excluding tert-OH is 1. The molecule has 0 amide bonds. The van der Waals surface area contributed by atoms with Gasteiger partial charge in [0, 0.05) is 6.04 Å². The Kier molecular flexibility index (Phi) is 5.97. The van der Waals surface area contributed by atoms with Crippen LogP contribution < -0.4 is 5.32 Å². The fourth-order valence-corrected chi connectivity index (χ4v) is 2.43. The van der Waals surface area contributed by atoms with Gasteiger partial charge >= 0.3 is 0 Å². The Morgan fingerprint density at radius 1 is 1.00 bits per heavy atom. The van der Waals surface area contributed by atoms with Crippen molar-refractivity contribution in [2.45, 2.75) is 38.8 Å². The molecule has 2 nitrogen and oxygen atoms in total. The van der Waals surface area contributed by atoms with Crippen molar-refractivity contribution in [2.75, 3.05) is 6.54 Å². The Bertz CT molecular complexity index is 521. The summed E-state index contributed by atoms with van der Waals surface area (Å²) >= 11 is 0. The van der Waals surface area contributed by atoms with Crippen LogP contribution in [0.2, 0.25) is 0 Å². The molecule has 2 atom stereocenters. The number of benzene rings is 2. The second kappa shape index (κ2) is 7.96. The molecule has 0 aliphatic heterocycles. The molecule has 0 spiro atoms. The molecule has 0 radical (unpaired) electrons. The van der Waals surface area contributed by atoms with Crippen molar-refractivity contribution in [3.63, 3.8) is 0 Å². The second-order valence-electron chi connectivity index (χ2n) is 5.69. The van der Waals surface area contributed by atoms with Gasteiger partial charge in [0.15, 0.2) is 0 Å². The zero-order valence-corrected chi connectivity index (χ0v) is 12.9. The molecule has 2 rings (SSSR count). The van der Waals surface area contributed by atoms with E-state index >= 15 is 0 Å². The van der Waals surface area contributed by atoms with Crippen LogP contribution in [0.3, 0.4) is 0 Å². The molecule has 2 N–H and O–H groups in total. The van der Waals surface area contributed by atoms with E-state index in [1.165, 1.54) is 11.1 Å². The van der Waals surface area contributed by atoms with E-state index < -0.39 is 6.10 Å². The maximum atomic E-state index is 10.3. The molecule has 112 valence electrons. The number of aliphatic hydroxyl groups is 1. The Morgan fingerprint density at radius 3 is 2.33 bits per heavy atom. The van der Waals surface area contributed by atoms with Crippen molar-refractivity contribution in [1.29, 1.82) is 0 Å². The van der Waals surface area contributed by atoms with E-state index in [2.05, 4.69) is 36.5 Å². The highest BCUT2D eigenvalue weighted by atomic mass is 16.3. The van der Waals surface area contributed by atoms with Crippen LogP contribution in [0, 0.1) is 6.92 Å². The average molecular weight is 283 g/mol. The number of hydrogen-bond acceptors (Lipinski definition) is 2. The second-order valence-corrected chi connectivity index (χ2v) is 5.69. The molecule has 0 heterocycles. The molecule has 0 unspecified atom stereocenters. The quantitative estimate of drug-likeness (QED) is 0.760. The predicted octanol–water partition coefficient (Wildman–Crippen LogP) is 3.64. The topological polar surface area (TPSA) is 32.3 Å². The summed E-state index contributed by atoms with van der Waals surface area (Å²) in [6, 6.07) is 18.6. The van der Waals surface area contributed by atoms with Crippen molar-refractivity contribution < 1.29 is 5.11 Å². The Labute approximate surface area is 127 Å². The van der Waals surface area contributed by atoms with Gasteiger partial charge in [0.25, 0.3) is 0 Å². The van der Waals surface area contributed by atoms with Gasteiger partial charge in [0.2, 0.25) is 0 Å². The standard InChI is InChI=1S/C19H25NO/c1-15-10-12-17(13-11-15)7-6-14-20-16(2)19(21)18-8-4-3-5-9-18/h3-5,8-13,16,19-21H,6-7,14H2,1-2H3/t16-,19-/m0/s1. The van der Waals surface area contributed by atoms with Crippen LogP contribution in [0.5, 0.6) is 0 Å². The molecule has 2 heteroatoms. The summed E-state index contributed by atoms with van der Waals surface area (Å²) in [6.07, 6.45) is 1.70. The molecule has 0 aromatic heterocycles. The summed E-state index contributed by atoms with van der Waals surface area (Å²) in [5.41, 5.74) is 3.64. The summed E-state index contributed by atoms with van der Waals surface area (Å²) < 4.78 is 0. The largest absolute Gasteiger partial charge is 0.387 e. The van der Waals surface area contributed by atoms with Gasteiger partial charge < -0.3 is 10.4 Å². The maximum Gasteiger partial charge on any atom is 0.0940 e. The molecule has 0 aliphatic carbocycles. The lowest BCUT2D eigenvalue weighted by Gasteiger charge is -2.20. The van der Waals surface area contributed by atoms with E-state index in [9.17, 15) is 5.11 Å². The fraction of sp³-hybridized carbons (Fsp3) is 0.368. The van der Waals surface area contributed by atoms with Gasteiger partial charge in [0.1, 0.15) is 0 Å². The average Bonchev–Trinajstić information content (AvgIpc) is 2.53. The highest BCUT2D eigenvalue weighted by molar-refractivity contribution is 5.21. The molecular weight excluding hydrogens is 258 g/mol. The molecule has 0 saturated carbocycles. The van der Waals surface area contributed by atoms with E-state index in [0.29, 0.717) is 0 Å². The van der Waals surface area contributed by atoms with Gasteiger partial charge in [-0.05, 0) is 44.4 Å². The molecule has 2 aromatic rings. The van der Waals surface area contributed by atoms with Gasteiger partial charge in [-0.15, -0.1) is 0 Å². The third kappa shape index (κ3) is 5.00. The maximum absolute atomic E-state index is 10.3. The van der Waals surface area contributed by atoms with Gasteiger partial charge in [-0.2, -0.15) is 0 Å². The van der Waals surface area contributed by atoms with Crippen molar-refractivity contribution >= 4 is 0 Å². The Balaban J connectivity index is 1.72. The SMILES string of the molecule is Cc1ccc(CCCN[C@@H](C)[C@H](O)c2ccccc2)cc1. The van der Waals surface area contributed by atoms with E-state index in [1.807, 2.05) is 37.3 Å². The summed E-state index contributed by atoms with van der Waals surface area (Å²) in [4.78, 5) is 0. The van der Waals surface area contributed by atoms with Crippen LogP contribution in [0.4, 0.5) is 0 Å². The first kappa shape index (κ1) is 15.7. The summed E-state index contributed by atoms with van der Waals surface area (Å²) in [5.74, 6) is 0. The predicted molar refractivity (Wildman–Crippen MR) is 88.4 cm³/mol. The normalized spacial score (nSPS) is 13.9. The molecule has 21 heavy (non-hydrogen) atoms. The minimum absolute atomic E-state index is 0.0606. The highest BCUT2D eigenvalue weighted by Crippen LogP contribution is 2.16. The zero-order chi connectivity index (χ0) is 15.1. The third-order valence-corrected chi connectivity index (χ3v) is 3.84. The van der Waals surface area contributed by atoms with Crippen LogP contribution in [-0.2, 0) is 6.42 Å². The minimum atomic E-state index is -0.453. The summed E-state index contributed by atoms with van der Waals surface area (Å²) in [6.45, 7) is 5.06. The smallest absolute Gasteiger partial charge is 0.0940 e. The van der Waals surface area contributed by atoms with E-state index in [4.69, 9.17) is 0 Å². The molecule has 0 fully saturated rings. The van der Waals surface area contributed by atoms with E-state index in [0.717, 1.165) is 24.9 Å². The number of hydrogen-bond donors (Lipinski definition) is 2. The molecule has 0 aliphatic rings. The number of aryl methyl sites for hydroxylation is 2. The summed E-state index contributed by atoms with van der Waals surface area (Å²) in [5, 5.41) is 13.7. The third-order valence-electron chi connectivity index (χ3n) is 3.84. The lowest BCUT2D eigenvalue weighted by Crippen LogP contribution is -2.33. The summed E-state index contributed by atoms with van der Waals surface area (Å²) in [7, 11) is 0. The first-order valence-corrected chi connectivity index (χ1v) is 7.69. The first-order chi connectivity index (χ1) is 10.2. The molecule has 2 aromatic carbocycles. The highest BCUT2D eigenvalue weighted by Gasteiger charge is 2.14. The van der Waals surface area contributed by atoms with Crippen LogP contribution in [0.25, 0.3) is 0 Å². The molecular formula is C19H25NO. The Morgan fingerprint density at radius 2 is 1.67 bits per heavy atom. The van der Waals surface area contributed by atoms with Gasteiger partial charge in [-0.25, -0.2) is 0 Å². The molecule has 0 bridgehead atoms. The van der Waals surface area contributed by atoms with Crippen LogP contribution in [-0.4, -0.2) is 17.7 Å². The Hall–Kier alpha value is -1.64. The van der Waals surface area contributed by atoms with E-state index in [1.54, 1.807) is 0 Å². The van der Waals surface area contributed by atoms with Crippen LogP contribution in [0.15, 0.2) is 54.6 Å². The van der Waals surface area contributed by atoms with Crippen molar-refractivity contribution in [3.05, 3.63) is 71.3 Å². The van der Waals surface area contributed by atoms with Crippen molar-refractivity contribution in [1.82, 2.24) is 5.32 Å². The van der Waals surface area contributed by atoms with Crippen molar-refractivity contribution in [2.24, 2.45) is 0 Å². The fourth-order valence-electron chi connectivity index (χ4n) is 2.43. The van der Waals surface area contributed by atoms with E-state index in [-0.39, 0.29) is 6.04 Å². The molecule has 0 saturated heterocycles. The van der Waals surface area contributed by atoms with Crippen LogP contribution >= 0.6 is 0 Å². The van der Waals surface area contributed by atoms with Crippen LogP contribution in [0.1, 0.15) is 36.1 Å². The van der Waals surface area contributed by atoms with Gasteiger partial charge in [0.05, 0.1) is 6.10 Å². The van der Waals surface area contributed by atoms with Gasteiger partial charge in [-0.1, -0.05) is 60.2 Å². The number of rotatable bonds is 7. The van der Waals surface area contributed by atoms with Gasteiger partial charge in [-0.3, -0.25) is 0 Å². The zero-order valence-electron chi connectivity index (χ0n) is 12.9. The lowest BCUT2D eigenvalue weighted by molar-refractivity contribution is 0.136. The first-order valence-electron chi connectivity index (χ1n) is 7.69. The number of nitrogens with one attached hydrogen (secondary N) is 1.